The van der Waals surface area contributed by atoms with Gasteiger partial charge in [0, 0.05) is 23.4 Å². The maximum absolute atomic E-state index is 12.9. The first kappa shape index (κ1) is 18.9. The summed E-state index contributed by atoms with van der Waals surface area (Å²) in [5.74, 6) is 3.09. The van der Waals surface area contributed by atoms with Crippen molar-refractivity contribution in [2.45, 2.75) is 43.8 Å². The molecule has 7 nitrogen and oxygen atoms in total. The number of aromatic nitrogens is 3. The Hall–Kier alpha value is -2.48. The number of hydrogen-bond acceptors (Lipinski definition) is 7. The second kappa shape index (κ2) is 7.87. The van der Waals surface area contributed by atoms with E-state index in [0.717, 1.165) is 47.0 Å². The van der Waals surface area contributed by atoms with Gasteiger partial charge >= 0.3 is 0 Å². The summed E-state index contributed by atoms with van der Waals surface area (Å²) < 4.78 is 12.7. The molecule has 1 unspecified atom stereocenters. The van der Waals surface area contributed by atoms with Gasteiger partial charge in [-0.25, -0.2) is 4.68 Å². The van der Waals surface area contributed by atoms with E-state index in [2.05, 4.69) is 17.2 Å². The van der Waals surface area contributed by atoms with E-state index >= 15 is 0 Å². The smallest absolute Gasteiger partial charge is 0.227 e. The number of anilines is 1. The van der Waals surface area contributed by atoms with E-state index in [0.29, 0.717) is 23.9 Å². The van der Waals surface area contributed by atoms with Gasteiger partial charge < -0.3 is 14.8 Å². The molecule has 0 saturated heterocycles. The average Bonchev–Trinajstić information content (AvgIpc) is 3.12. The zero-order valence-corrected chi connectivity index (χ0v) is 17.1. The molecule has 2 heterocycles. The molecule has 1 aromatic heterocycles. The van der Waals surface area contributed by atoms with Gasteiger partial charge in [-0.3, -0.25) is 4.79 Å². The maximum Gasteiger partial charge on any atom is 0.227 e. The van der Waals surface area contributed by atoms with Gasteiger partial charge in [0.25, 0.3) is 0 Å². The second-order valence-electron chi connectivity index (χ2n) is 6.82. The standard InChI is InChI=1S/C20H24N4O3S/c1-4-10-28-20-22-19-21-13-6-5-7-14(25)17(13)18(24(19)23-20)12-8-9-15(26-2)16(11-12)27-3/h8-9,11,18H,4-7,10H2,1-3H3,(H,21,22,23). The summed E-state index contributed by atoms with van der Waals surface area (Å²) in [5, 5.41) is 8.80. The van der Waals surface area contributed by atoms with E-state index in [4.69, 9.17) is 14.6 Å². The van der Waals surface area contributed by atoms with Crippen LogP contribution in [-0.2, 0) is 4.79 Å². The summed E-state index contributed by atoms with van der Waals surface area (Å²) in [6, 6.07) is 5.44. The minimum Gasteiger partial charge on any atom is -0.493 e. The number of hydrogen-bond donors (Lipinski definition) is 1. The molecule has 1 aromatic carbocycles. The van der Waals surface area contributed by atoms with Crippen molar-refractivity contribution in [1.82, 2.24) is 14.8 Å². The Bertz CT molecular complexity index is 938. The Labute approximate surface area is 168 Å². The number of rotatable bonds is 6. The first-order chi connectivity index (χ1) is 13.7. The van der Waals surface area contributed by atoms with Crippen molar-refractivity contribution < 1.29 is 14.3 Å². The number of carbonyl (C=O) groups excluding carboxylic acids is 1. The quantitative estimate of drug-likeness (QED) is 0.739. The number of allylic oxidation sites excluding steroid dienone is 2. The fraction of sp³-hybridized carbons (Fsp3) is 0.450. The fourth-order valence-electron chi connectivity index (χ4n) is 3.72. The van der Waals surface area contributed by atoms with E-state index in [9.17, 15) is 4.79 Å². The molecule has 1 aliphatic carbocycles. The number of benzene rings is 1. The van der Waals surface area contributed by atoms with E-state index in [1.807, 2.05) is 22.9 Å². The first-order valence-electron chi connectivity index (χ1n) is 9.50. The van der Waals surface area contributed by atoms with Gasteiger partial charge in [-0.2, -0.15) is 4.98 Å². The lowest BCUT2D eigenvalue weighted by Gasteiger charge is -2.32. The average molecular weight is 401 g/mol. The van der Waals surface area contributed by atoms with Crippen LogP contribution in [0.4, 0.5) is 5.95 Å². The lowest BCUT2D eigenvalue weighted by molar-refractivity contribution is -0.116. The monoisotopic (exact) mass is 400 g/mol. The number of Topliss-reactive ketones (excluding diaryl/α,β-unsaturated/α-hetero) is 1. The van der Waals surface area contributed by atoms with Crippen LogP contribution < -0.4 is 14.8 Å². The summed E-state index contributed by atoms with van der Waals surface area (Å²) in [4.78, 5) is 17.5. The third-order valence-corrected chi connectivity index (χ3v) is 6.05. The van der Waals surface area contributed by atoms with Crippen molar-refractivity contribution in [2.24, 2.45) is 0 Å². The van der Waals surface area contributed by atoms with Crippen molar-refractivity contribution in [3.8, 4) is 11.5 Å². The second-order valence-corrected chi connectivity index (χ2v) is 7.88. The maximum atomic E-state index is 12.9. The number of ether oxygens (including phenoxy) is 2. The number of ketones is 1. The number of nitrogens with one attached hydrogen (secondary N) is 1. The molecule has 28 heavy (non-hydrogen) atoms. The van der Waals surface area contributed by atoms with Gasteiger partial charge in [0.15, 0.2) is 17.3 Å². The van der Waals surface area contributed by atoms with Crippen LogP contribution in [0.3, 0.4) is 0 Å². The minimum atomic E-state index is -0.317. The Morgan fingerprint density at radius 2 is 2.07 bits per heavy atom. The molecular formula is C20H24N4O3S. The van der Waals surface area contributed by atoms with Gasteiger partial charge in [-0.05, 0) is 37.0 Å². The highest BCUT2D eigenvalue weighted by atomic mass is 32.2. The van der Waals surface area contributed by atoms with E-state index in [-0.39, 0.29) is 11.8 Å². The highest BCUT2D eigenvalue weighted by Gasteiger charge is 2.37. The largest absolute Gasteiger partial charge is 0.493 e. The summed E-state index contributed by atoms with van der Waals surface area (Å²) in [7, 11) is 3.22. The predicted octanol–water partition coefficient (Wildman–Crippen LogP) is 3.82. The van der Waals surface area contributed by atoms with Crippen molar-refractivity contribution in [3.63, 3.8) is 0 Å². The normalized spacial score (nSPS) is 18.4. The summed E-state index contributed by atoms with van der Waals surface area (Å²) in [6.07, 6.45) is 3.31. The molecule has 148 valence electrons. The summed E-state index contributed by atoms with van der Waals surface area (Å²) in [5.41, 5.74) is 2.67. The Balaban J connectivity index is 1.83. The van der Waals surface area contributed by atoms with Crippen molar-refractivity contribution in [1.29, 1.82) is 0 Å². The van der Waals surface area contributed by atoms with Gasteiger partial charge in [0.1, 0.15) is 6.04 Å². The molecule has 0 saturated carbocycles. The van der Waals surface area contributed by atoms with Crippen LogP contribution in [0.25, 0.3) is 0 Å². The molecule has 2 aromatic rings. The van der Waals surface area contributed by atoms with Gasteiger partial charge in [0.2, 0.25) is 11.1 Å². The van der Waals surface area contributed by atoms with Crippen molar-refractivity contribution >= 4 is 23.5 Å². The molecule has 0 spiro atoms. The third kappa shape index (κ3) is 3.26. The van der Waals surface area contributed by atoms with Crippen LogP contribution in [0.1, 0.15) is 44.2 Å². The lowest BCUT2D eigenvalue weighted by Crippen LogP contribution is -2.31. The molecule has 0 radical (unpaired) electrons. The van der Waals surface area contributed by atoms with Crippen molar-refractivity contribution in [3.05, 3.63) is 35.0 Å². The Morgan fingerprint density at radius 3 is 2.82 bits per heavy atom. The minimum absolute atomic E-state index is 0.164. The molecule has 0 bridgehead atoms. The summed E-state index contributed by atoms with van der Waals surface area (Å²) in [6.45, 7) is 2.13. The third-order valence-electron chi connectivity index (χ3n) is 5.01. The van der Waals surface area contributed by atoms with Crippen LogP contribution in [0.5, 0.6) is 11.5 Å². The first-order valence-corrected chi connectivity index (χ1v) is 10.5. The Kier molecular flexibility index (Phi) is 5.30. The van der Waals surface area contributed by atoms with E-state index in [1.54, 1.807) is 26.0 Å². The van der Waals surface area contributed by atoms with Crippen LogP contribution in [0.15, 0.2) is 34.6 Å². The molecule has 1 aliphatic heterocycles. The zero-order chi connectivity index (χ0) is 19.7. The molecule has 8 heteroatoms. The number of thioether (sulfide) groups is 1. The molecular weight excluding hydrogens is 376 g/mol. The predicted molar refractivity (Wildman–Crippen MR) is 108 cm³/mol. The number of fused-ring (bicyclic) bond motifs is 1. The van der Waals surface area contributed by atoms with Gasteiger partial charge in [-0.15, -0.1) is 5.10 Å². The van der Waals surface area contributed by atoms with E-state index < -0.39 is 0 Å². The highest BCUT2D eigenvalue weighted by molar-refractivity contribution is 7.99. The van der Waals surface area contributed by atoms with E-state index in [1.165, 1.54) is 0 Å². The topological polar surface area (TPSA) is 78.3 Å². The molecule has 2 aliphatic rings. The van der Waals surface area contributed by atoms with Crippen LogP contribution in [-0.4, -0.2) is 40.5 Å². The lowest BCUT2D eigenvalue weighted by atomic mass is 9.85. The van der Waals surface area contributed by atoms with Crippen LogP contribution in [0.2, 0.25) is 0 Å². The van der Waals surface area contributed by atoms with Gasteiger partial charge in [0.05, 0.1) is 14.2 Å². The number of nitrogens with zero attached hydrogens (tertiary/aromatic N) is 3. The van der Waals surface area contributed by atoms with Crippen LogP contribution >= 0.6 is 11.8 Å². The molecule has 0 fully saturated rings. The summed E-state index contributed by atoms with van der Waals surface area (Å²) >= 11 is 1.63. The zero-order valence-electron chi connectivity index (χ0n) is 16.3. The van der Waals surface area contributed by atoms with Gasteiger partial charge in [-0.1, -0.05) is 24.8 Å². The van der Waals surface area contributed by atoms with Crippen LogP contribution in [0, 0.1) is 0 Å². The van der Waals surface area contributed by atoms with Crippen molar-refractivity contribution in [2.75, 3.05) is 25.3 Å². The fourth-order valence-corrected chi connectivity index (χ4v) is 4.41. The SMILES string of the molecule is CCCSc1nc2n(n1)C(c1ccc(OC)c(OC)c1)C1=C(CCCC1=O)N2. The Morgan fingerprint density at radius 1 is 1.25 bits per heavy atom. The molecule has 0 amide bonds. The molecule has 1 atom stereocenters. The molecule has 1 N–H and O–H groups in total. The number of carbonyl (C=O) groups is 1. The number of methoxy groups -OCH3 is 2. The highest BCUT2D eigenvalue weighted by Crippen LogP contribution is 2.42. The molecule has 4 rings (SSSR count).